The van der Waals surface area contributed by atoms with Crippen molar-refractivity contribution in [3.8, 4) is 0 Å². The van der Waals surface area contributed by atoms with E-state index >= 15 is 0 Å². The van der Waals surface area contributed by atoms with Crippen molar-refractivity contribution in [2.75, 3.05) is 12.4 Å². The number of aromatic nitrogens is 1. The fraction of sp³-hybridized carbons (Fsp3) is 0.610. The summed E-state index contributed by atoms with van der Waals surface area (Å²) in [6.07, 6.45) is 11.9. The molecule has 2 heterocycles. The third kappa shape index (κ3) is 8.68. The number of likely N-dealkylation sites (N-methyl/N-ethyl adjacent to an activating group) is 1. The van der Waals surface area contributed by atoms with Crippen LogP contribution in [0.1, 0.15) is 113 Å². The summed E-state index contributed by atoms with van der Waals surface area (Å²) in [5, 5.41) is 10.8. The number of nitrogens with zero attached hydrogens (tertiary/aromatic N) is 1. The summed E-state index contributed by atoms with van der Waals surface area (Å²) >= 11 is 0. The number of allylic oxidation sites excluding steroid dienone is 1. The van der Waals surface area contributed by atoms with Gasteiger partial charge in [-0.1, -0.05) is 33.8 Å². The van der Waals surface area contributed by atoms with Gasteiger partial charge in [0, 0.05) is 36.3 Å². The smallest absolute Gasteiger partial charge is 0.287 e. The monoisotopic (exact) mass is 731 g/mol. The van der Waals surface area contributed by atoms with Gasteiger partial charge in [-0.2, -0.15) is 0 Å². The van der Waals surface area contributed by atoms with Gasteiger partial charge in [-0.05, 0) is 119 Å². The lowest BCUT2D eigenvalue weighted by molar-refractivity contribution is -0.137. The number of fused-ring (bicyclic) bond motifs is 2. The fourth-order valence-corrected chi connectivity index (χ4v) is 9.69. The van der Waals surface area contributed by atoms with Gasteiger partial charge < -0.3 is 30.3 Å². The number of hydrogen-bond acceptors (Lipinski definition) is 7. The molecule has 4 aliphatic rings. The molecule has 4 aliphatic carbocycles. The average Bonchev–Trinajstić information content (AvgIpc) is 3.47. The fourth-order valence-electron chi connectivity index (χ4n) is 9.69. The molecule has 53 heavy (non-hydrogen) atoms. The van der Waals surface area contributed by atoms with E-state index in [1.54, 1.807) is 13.0 Å². The highest BCUT2D eigenvalue weighted by Crippen LogP contribution is 2.58. The van der Waals surface area contributed by atoms with Crippen molar-refractivity contribution in [3.05, 3.63) is 57.4 Å². The summed E-state index contributed by atoms with van der Waals surface area (Å²) in [7, 11) is 1.33. The van der Waals surface area contributed by atoms with Gasteiger partial charge in [-0.15, -0.1) is 0 Å². The zero-order valence-electron chi connectivity index (χ0n) is 32.3. The quantitative estimate of drug-likeness (QED) is 0.231. The maximum absolute atomic E-state index is 13.6. The molecule has 12 nitrogen and oxygen atoms in total. The molecule has 0 aliphatic heterocycles. The molecule has 288 valence electrons. The Morgan fingerprint density at radius 1 is 1.02 bits per heavy atom. The van der Waals surface area contributed by atoms with Crippen molar-refractivity contribution in [3.63, 3.8) is 0 Å². The number of anilines is 1. The number of carbonyl (C=O) groups is 5. The minimum atomic E-state index is -1.28. The largest absolute Gasteiger partial charge is 0.451 e. The van der Waals surface area contributed by atoms with Crippen molar-refractivity contribution in [1.82, 2.24) is 20.5 Å². The number of carbonyl (C=O) groups excluding carboxylic acids is 5. The van der Waals surface area contributed by atoms with Crippen LogP contribution in [0.5, 0.6) is 0 Å². The van der Waals surface area contributed by atoms with E-state index in [2.05, 4.69) is 42.0 Å². The van der Waals surface area contributed by atoms with Gasteiger partial charge in [0.15, 0.2) is 5.76 Å². The predicted octanol–water partition coefficient (Wildman–Crippen LogP) is 5.17. The Kier molecular flexibility index (Phi) is 12.5. The van der Waals surface area contributed by atoms with Crippen molar-refractivity contribution < 1.29 is 28.4 Å². The lowest BCUT2D eigenvalue weighted by Gasteiger charge is -2.58. The molecule has 0 spiro atoms. The Balaban J connectivity index is 0.00000266. The van der Waals surface area contributed by atoms with Crippen LogP contribution in [0.15, 0.2) is 33.6 Å². The Morgan fingerprint density at radius 2 is 1.70 bits per heavy atom. The Labute approximate surface area is 312 Å². The van der Waals surface area contributed by atoms with Crippen LogP contribution in [-0.2, 0) is 32.1 Å². The van der Waals surface area contributed by atoms with Crippen molar-refractivity contribution in [2.24, 2.45) is 35.5 Å². The van der Waals surface area contributed by atoms with Gasteiger partial charge in [0.05, 0.1) is 0 Å². The van der Waals surface area contributed by atoms with Crippen LogP contribution >= 0.6 is 0 Å². The standard InChI is InChI=1S/C39H51N5O7.C2H6/c1-21-15-24-16-22(2)28-19-39(4,18-27(21)26(28)17-24)43-33(46)20-44-14-8-10-30(38(44)50)42-35(47)29(12-13-31(45)36(48)40-5)41-37(49)34-23(3)25-9-6-7-11-32(25)51-34;1-2/h7-8,10-11,14,21-22,24,26-29H,6,9,12-13,15-20H2,1-5H3,(H,40,48)(H,41,49)(H,42,47)(H,43,46);1-2H3. The number of furan rings is 1. The molecule has 2 aromatic heterocycles. The maximum atomic E-state index is 13.6. The van der Waals surface area contributed by atoms with Gasteiger partial charge in [-0.3, -0.25) is 28.8 Å². The first-order chi connectivity index (χ1) is 25.3. The molecule has 0 saturated heterocycles. The molecule has 2 bridgehead atoms. The van der Waals surface area contributed by atoms with E-state index in [9.17, 15) is 28.8 Å². The van der Waals surface area contributed by atoms with Crippen molar-refractivity contribution >= 4 is 41.2 Å². The number of rotatable bonds is 11. The summed E-state index contributed by atoms with van der Waals surface area (Å²) in [5.74, 6) is 1.34. The maximum Gasteiger partial charge on any atom is 0.287 e. The number of amides is 4. The van der Waals surface area contributed by atoms with Crippen LogP contribution in [0.3, 0.4) is 0 Å². The molecule has 2 aromatic rings. The molecule has 6 rings (SSSR count). The minimum Gasteiger partial charge on any atom is -0.451 e. The average molecular weight is 732 g/mol. The molecule has 3 fully saturated rings. The molecule has 0 aromatic carbocycles. The van der Waals surface area contributed by atoms with Crippen LogP contribution in [-0.4, -0.2) is 52.6 Å². The molecule has 4 N–H and O–H groups in total. The lowest BCUT2D eigenvalue weighted by atomic mass is 9.49. The van der Waals surface area contributed by atoms with Gasteiger partial charge >= 0.3 is 0 Å². The van der Waals surface area contributed by atoms with E-state index in [0.717, 1.165) is 43.1 Å². The van der Waals surface area contributed by atoms with Crippen LogP contribution in [0.25, 0.3) is 6.08 Å². The first kappa shape index (κ1) is 39.7. The van der Waals surface area contributed by atoms with E-state index < -0.39 is 35.1 Å². The van der Waals surface area contributed by atoms with Gasteiger partial charge in [0.1, 0.15) is 24.0 Å². The van der Waals surface area contributed by atoms with Crippen molar-refractivity contribution in [1.29, 1.82) is 0 Å². The van der Waals surface area contributed by atoms with Crippen LogP contribution in [0.4, 0.5) is 5.69 Å². The van der Waals surface area contributed by atoms with E-state index in [0.29, 0.717) is 35.0 Å². The third-order valence-corrected chi connectivity index (χ3v) is 12.1. The molecule has 5 unspecified atom stereocenters. The highest BCUT2D eigenvalue weighted by molar-refractivity contribution is 6.36. The second-order valence-corrected chi connectivity index (χ2v) is 15.8. The van der Waals surface area contributed by atoms with Gasteiger partial charge in [0.2, 0.25) is 17.6 Å². The molecule has 12 heteroatoms. The topological polar surface area (TPSA) is 169 Å². The molecular weight excluding hydrogens is 674 g/mol. The summed E-state index contributed by atoms with van der Waals surface area (Å²) in [6, 6.07) is 1.70. The first-order valence-electron chi connectivity index (χ1n) is 19.4. The number of pyridine rings is 1. The Hall–Kier alpha value is -4.48. The van der Waals surface area contributed by atoms with Crippen molar-refractivity contribution in [2.45, 2.75) is 117 Å². The summed E-state index contributed by atoms with van der Waals surface area (Å²) in [6.45, 7) is 12.4. The summed E-state index contributed by atoms with van der Waals surface area (Å²) in [5.41, 5.74) is 0.531. The Bertz CT molecular complexity index is 1790. The number of hydrogen-bond donors (Lipinski definition) is 4. The van der Waals surface area contributed by atoms with Crippen LogP contribution < -0.4 is 26.8 Å². The molecule has 5 atom stereocenters. The van der Waals surface area contributed by atoms with E-state index in [-0.39, 0.29) is 42.3 Å². The predicted molar refractivity (Wildman–Crippen MR) is 203 cm³/mol. The highest BCUT2D eigenvalue weighted by Gasteiger charge is 2.52. The zero-order chi connectivity index (χ0) is 38.6. The van der Waals surface area contributed by atoms with E-state index in [4.69, 9.17) is 4.42 Å². The number of Topliss-reactive ketones (excluding diaryl/α,β-unsaturated/α-hetero) is 1. The lowest BCUT2D eigenvalue weighted by Crippen LogP contribution is -2.58. The van der Waals surface area contributed by atoms with Gasteiger partial charge in [0.25, 0.3) is 17.4 Å². The summed E-state index contributed by atoms with van der Waals surface area (Å²) < 4.78 is 7.06. The molecule has 4 amide bonds. The zero-order valence-corrected chi connectivity index (χ0v) is 32.3. The molecule has 0 radical (unpaired) electrons. The van der Waals surface area contributed by atoms with Crippen LogP contribution in [0.2, 0.25) is 0 Å². The SMILES string of the molecule is CC.CNC(=O)C(=O)CCC(NC(=O)c1oc2c(c1C)CCC=C2)C(=O)Nc1cccn(CC(=O)NC2(C)CC3C(C)CC4CC(C)C(C2)C3C4)c1=O. The number of ketones is 1. The molecular formula is C41H57N5O7. The second kappa shape index (κ2) is 16.7. The highest BCUT2D eigenvalue weighted by atomic mass is 16.4. The first-order valence-corrected chi connectivity index (χ1v) is 19.4. The third-order valence-electron chi connectivity index (χ3n) is 12.1. The van der Waals surface area contributed by atoms with Gasteiger partial charge in [-0.25, -0.2) is 0 Å². The van der Waals surface area contributed by atoms with Crippen LogP contribution in [0, 0.1) is 42.4 Å². The second-order valence-electron chi connectivity index (χ2n) is 15.8. The number of nitrogens with one attached hydrogen (secondary N) is 4. The van der Waals surface area contributed by atoms with E-state index in [1.165, 1.54) is 43.1 Å². The minimum absolute atomic E-state index is 0.0531. The van der Waals surface area contributed by atoms with E-state index in [1.807, 2.05) is 26.0 Å². The summed E-state index contributed by atoms with van der Waals surface area (Å²) in [4.78, 5) is 78.3. The normalized spacial score (nSPS) is 27.2. The Morgan fingerprint density at radius 3 is 2.34 bits per heavy atom. The molecule has 3 saturated carbocycles.